The fourth-order valence-corrected chi connectivity index (χ4v) is 3.84. The number of rotatable bonds is 4. The average Bonchev–Trinajstić information content (AvgIpc) is 2.87. The van der Waals surface area contributed by atoms with Gasteiger partial charge in [-0.2, -0.15) is 11.3 Å². The fraction of sp³-hybridized carbons (Fsp3) is 0.583. The molecular formula is C12H18N2O2S2. The van der Waals surface area contributed by atoms with Gasteiger partial charge in [0.2, 0.25) is 5.91 Å². The summed E-state index contributed by atoms with van der Waals surface area (Å²) in [5.74, 6) is 0.602. The molecule has 0 spiro atoms. The molecular weight excluding hydrogens is 268 g/mol. The van der Waals surface area contributed by atoms with Crippen LogP contribution in [-0.2, 0) is 15.6 Å². The zero-order chi connectivity index (χ0) is 13.3. The van der Waals surface area contributed by atoms with Crippen molar-refractivity contribution in [3.8, 4) is 0 Å². The monoisotopic (exact) mass is 286 g/mol. The van der Waals surface area contributed by atoms with Crippen LogP contribution in [0.3, 0.4) is 0 Å². The molecule has 0 saturated carbocycles. The Kier molecular flexibility index (Phi) is 4.19. The van der Waals surface area contributed by atoms with Crippen molar-refractivity contribution in [2.45, 2.75) is 32.1 Å². The van der Waals surface area contributed by atoms with Crippen molar-refractivity contribution in [1.82, 2.24) is 10.2 Å². The maximum atomic E-state index is 12.2. The molecule has 6 heteroatoms. The molecule has 1 saturated heterocycles. The van der Waals surface area contributed by atoms with Gasteiger partial charge in [-0.3, -0.25) is 14.3 Å². The lowest BCUT2D eigenvalue weighted by molar-refractivity contribution is -0.131. The SMILES string of the molecule is CC1NC(c2ccsc2)N(C(C)CS(C)=O)C1=O. The second kappa shape index (κ2) is 5.50. The van der Waals surface area contributed by atoms with Crippen molar-refractivity contribution in [1.29, 1.82) is 0 Å². The first kappa shape index (κ1) is 13.7. The van der Waals surface area contributed by atoms with E-state index in [-0.39, 0.29) is 24.2 Å². The third kappa shape index (κ3) is 2.65. The zero-order valence-electron chi connectivity index (χ0n) is 10.8. The summed E-state index contributed by atoms with van der Waals surface area (Å²) < 4.78 is 11.3. The van der Waals surface area contributed by atoms with Gasteiger partial charge in [-0.15, -0.1) is 0 Å². The largest absolute Gasteiger partial charge is 0.318 e. The van der Waals surface area contributed by atoms with Crippen molar-refractivity contribution in [3.05, 3.63) is 22.4 Å². The third-order valence-corrected chi connectivity index (χ3v) is 4.77. The Hall–Kier alpha value is -0.720. The second-order valence-electron chi connectivity index (χ2n) is 4.68. The lowest BCUT2D eigenvalue weighted by atomic mass is 10.2. The molecule has 1 N–H and O–H groups in total. The second-order valence-corrected chi connectivity index (χ2v) is 6.94. The average molecular weight is 286 g/mol. The van der Waals surface area contributed by atoms with E-state index in [1.165, 1.54) is 0 Å². The highest BCUT2D eigenvalue weighted by atomic mass is 32.2. The molecule has 0 bridgehead atoms. The van der Waals surface area contributed by atoms with Crippen LogP contribution in [0.5, 0.6) is 0 Å². The van der Waals surface area contributed by atoms with E-state index in [4.69, 9.17) is 0 Å². The maximum Gasteiger partial charge on any atom is 0.241 e. The van der Waals surface area contributed by atoms with Gasteiger partial charge in [-0.05, 0) is 36.2 Å². The Morgan fingerprint density at radius 3 is 2.89 bits per heavy atom. The highest BCUT2D eigenvalue weighted by Crippen LogP contribution is 2.28. The Morgan fingerprint density at radius 2 is 2.33 bits per heavy atom. The minimum atomic E-state index is -0.899. The van der Waals surface area contributed by atoms with Crippen molar-refractivity contribution in [2.24, 2.45) is 0 Å². The Bertz CT molecular complexity index is 447. The zero-order valence-corrected chi connectivity index (χ0v) is 12.4. The highest BCUT2D eigenvalue weighted by molar-refractivity contribution is 7.84. The van der Waals surface area contributed by atoms with Crippen LogP contribution in [0.1, 0.15) is 25.6 Å². The number of carbonyl (C=O) groups is 1. The van der Waals surface area contributed by atoms with E-state index in [0.717, 1.165) is 5.56 Å². The summed E-state index contributed by atoms with van der Waals surface area (Å²) >= 11 is 1.62. The molecule has 4 atom stereocenters. The van der Waals surface area contributed by atoms with Crippen LogP contribution in [-0.4, -0.2) is 39.1 Å². The van der Waals surface area contributed by atoms with Gasteiger partial charge in [0, 0.05) is 28.9 Å². The molecule has 2 heterocycles. The summed E-state index contributed by atoms with van der Waals surface area (Å²) in [5, 5.41) is 7.35. The maximum absolute atomic E-state index is 12.2. The fourth-order valence-electron chi connectivity index (χ4n) is 2.32. The molecule has 1 fully saturated rings. The van der Waals surface area contributed by atoms with E-state index in [1.807, 2.05) is 35.6 Å². The summed E-state index contributed by atoms with van der Waals surface area (Å²) in [5.41, 5.74) is 1.10. The molecule has 100 valence electrons. The summed E-state index contributed by atoms with van der Waals surface area (Å²) in [6.45, 7) is 3.83. The number of hydrogen-bond donors (Lipinski definition) is 1. The first-order valence-corrected chi connectivity index (χ1v) is 8.58. The Balaban J connectivity index is 2.23. The van der Waals surface area contributed by atoms with Crippen LogP contribution in [0.2, 0.25) is 0 Å². The summed E-state index contributed by atoms with van der Waals surface area (Å²) in [7, 11) is -0.899. The van der Waals surface area contributed by atoms with Crippen molar-refractivity contribution >= 4 is 28.0 Å². The van der Waals surface area contributed by atoms with Gasteiger partial charge < -0.3 is 4.90 Å². The molecule has 1 aromatic rings. The summed E-state index contributed by atoms with van der Waals surface area (Å²) in [6.07, 6.45) is 1.59. The standard InChI is InChI=1S/C12H18N2O2S2/c1-8(7-18(3)16)14-11(10-4-5-17-6-10)13-9(2)12(14)15/h4-6,8-9,11,13H,7H2,1-3H3. The Labute approximate surface area is 114 Å². The highest BCUT2D eigenvalue weighted by Gasteiger charge is 2.39. The van der Waals surface area contributed by atoms with E-state index in [1.54, 1.807) is 17.6 Å². The molecule has 1 aromatic heterocycles. The number of hydrogen-bond acceptors (Lipinski definition) is 4. The van der Waals surface area contributed by atoms with E-state index in [2.05, 4.69) is 5.32 Å². The minimum Gasteiger partial charge on any atom is -0.318 e. The van der Waals surface area contributed by atoms with Crippen LogP contribution in [0.25, 0.3) is 0 Å². The van der Waals surface area contributed by atoms with Crippen molar-refractivity contribution in [2.75, 3.05) is 12.0 Å². The lowest BCUT2D eigenvalue weighted by Gasteiger charge is -2.29. The first-order chi connectivity index (χ1) is 8.50. The number of thiophene rings is 1. The molecule has 2 rings (SSSR count). The van der Waals surface area contributed by atoms with Crippen LogP contribution >= 0.6 is 11.3 Å². The van der Waals surface area contributed by atoms with Gasteiger partial charge in [0.15, 0.2) is 0 Å². The normalized spacial score (nSPS) is 27.5. The molecule has 0 aliphatic carbocycles. The molecule has 4 unspecified atom stereocenters. The summed E-state index contributed by atoms with van der Waals surface area (Å²) in [4.78, 5) is 14.0. The molecule has 18 heavy (non-hydrogen) atoms. The first-order valence-electron chi connectivity index (χ1n) is 5.91. The van der Waals surface area contributed by atoms with Gasteiger partial charge >= 0.3 is 0 Å². The van der Waals surface area contributed by atoms with Crippen LogP contribution < -0.4 is 5.32 Å². The topological polar surface area (TPSA) is 49.4 Å². The van der Waals surface area contributed by atoms with Crippen molar-refractivity contribution in [3.63, 3.8) is 0 Å². The predicted molar refractivity (Wildman–Crippen MR) is 74.9 cm³/mol. The number of nitrogens with one attached hydrogen (secondary N) is 1. The van der Waals surface area contributed by atoms with Gasteiger partial charge in [0.1, 0.15) is 6.17 Å². The quantitative estimate of drug-likeness (QED) is 0.908. The molecule has 0 radical (unpaired) electrons. The molecule has 1 amide bonds. The van der Waals surface area contributed by atoms with E-state index >= 15 is 0 Å². The third-order valence-electron chi connectivity index (χ3n) is 3.12. The summed E-state index contributed by atoms with van der Waals surface area (Å²) in [6, 6.07) is 1.82. The van der Waals surface area contributed by atoms with E-state index in [0.29, 0.717) is 5.75 Å². The van der Waals surface area contributed by atoms with Crippen LogP contribution in [0.4, 0.5) is 0 Å². The lowest BCUT2D eigenvalue weighted by Crippen LogP contribution is -2.41. The van der Waals surface area contributed by atoms with E-state index < -0.39 is 10.8 Å². The van der Waals surface area contributed by atoms with Crippen LogP contribution in [0.15, 0.2) is 16.8 Å². The number of carbonyl (C=O) groups excluding carboxylic acids is 1. The Morgan fingerprint density at radius 1 is 1.61 bits per heavy atom. The minimum absolute atomic E-state index is 0.0225. The molecule has 0 aromatic carbocycles. The van der Waals surface area contributed by atoms with Crippen LogP contribution in [0, 0.1) is 0 Å². The van der Waals surface area contributed by atoms with Crippen molar-refractivity contribution < 1.29 is 9.00 Å². The molecule has 1 aliphatic rings. The van der Waals surface area contributed by atoms with Gasteiger partial charge in [0.25, 0.3) is 0 Å². The van der Waals surface area contributed by atoms with Gasteiger partial charge in [-0.25, -0.2) is 0 Å². The number of nitrogens with zero attached hydrogens (tertiary/aromatic N) is 1. The van der Waals surface area contributed by atoms with Gasteiger partial charge in [0.05, 0.1) is 6.04 Å². The molecule has 1 aliphatic heterocycles. The molecule has 4 nitrogen and oxygen atoms in total. The predicted octanol–water partition coefficient (Wildman–Crippen LogP) is 1.33. The smallest absolute Gasteiger partial charge is 0.241 e. The van der Waals surface area contributed by atoms with Gasteiger partial charge in [-0.1, -0.05) is 0 Å². The number of amides is 1. The van der Waals surface area contributed by atoms with E-state index in [9.17, 15) is 9.00 Å².